The number of nitrogens with zero attached hydrogens (tertiary/aromatic N) is 1. The number of benzene rings is 1. The van der Waals surface area contributed by atoms with Crippen molar-refractivity contribution in [2.45, 2.75) is 12.0 Å². The van der Waals surface area contributed by atoms with Crippen LogP contribution in [0.2, 0.25) is 0 Å². The molecule has 1 aliphatic heterocycles. The van der Waals surface area contributed by atoms with E-state index in [2.05, 4.69) is 0 Å². The van der Waals surface area contributed by atoms with E-state index in [1.165, 1.54) is 12.1 Å². The molecule has 1 atom stereocenters. The third-order valence-electron chi connectivity index (χ3n) is 2.96. The van der Waals surface area contributed by atoms with Gasteiger partial charge in [0.15, 0.2) is 0 Å². The Morgan fingerprint density at radius 3 is 2.53 bits per heavy atom. The summed E-state index contributed by atoms with van der Waals surface area (Å²) in [5, 5.41) is 18.4. The third kappa shape index (κ3) is 2.34. The molecule has 1 unspecified atom stereocenters. The van der Waals surface area contributed by atoms with Gasteiger partial charge in [-0.25, -0.2) is 4.79 Å². The van der Waals surface area contributed by atoms with E-state index in [0.717, 1.165) is 0 Å². The van der Waals surface area contributed by atoms with Gasteiger partial charge in [0.1, 0.15) is 11.5 Å². The Morgan fingerprint density at radius 1 is 1.41 bits per heavy atom. The van der Waals surface area contributed by atoms with E-state index in [1.54, 1.807) is 12.1 Å². The highest BCUT2D eigenvalue weighted by Crippen LogP contribution is 2.28. The molecule has 5 heteroatoms. The SMILES string of the molecule is CN1CCC(Oc2ccc(O)cc2)(C(=O)O)C1. The van der Waals surface area contributed by atoms with Crippen molar-refractivity contribution < 1.29 is 19.7 Å². The number of rotatable bonds is 3. The van der Waals surface area contributed by atoms with Gasteiger partial charge in [0.2, 0.25) is 5.60 Å². The number of ether oxygens (including phenoxy) is 1. The van der Waals surface area contributed by atoms with Crippen LogP contribution in [-0.4, -0.2) is 46.8 Å². The fourth-order valence-electron chi connectivity index (χ4n) is 2.01. The first-order chi connectivity index (χ1) is 8.02. The highest BCUT2D eigenvalue weighted by atomic mass is 16.5. The van der Waals surface area contributed by atoms with Crippen LogP contribution >= 0.6 is 0 Å². The summed E-state index contributed by atoms with van der Waals surface area (Å²) >= 11 is 0. The molecule has 1 heterocycles. The smallest absolute Gasteiger partial charge is 0.349 e. The second-order valence-corrected chi connectivity index (χ2v) is 4.38. The van der Waals surface area contributed by atoms with E-state index in [-0.39, 0.29) is 5.75 Å². The van der Waals surface area contributed by atoms with E-state index < -0.39 is 11.6 Å². The molecule has 2 rings (SSSR count). The minimum absolute atomic E-state index is 0.130. The zero-order valence-corrected chi connectivity index (χ0v) is 9.59. The third-order valence-corrected chi connectivity index (χ3v) is 2.96. The van der Waals surface area contributed by atoms with Gasteiger partial charge in [-0.1, -0.05) is 0 Å². The zero-order chi connectivity index (χ0) is 12.5. The molecule has 1 aromatic rings. The predicted molar refractivity (Wildman–Crippen MR) is 61.2 cm³/mol. The number of phenols is 1. The molecule has 0 spiro atoms. The van der Waals surface area contributed by atoms with Gasteiger partial charge in [-0.15, -0.1) is 0 Å². The number of likely N-dealkylation sites (tertiary alicyclic amines) is 1. The average Bonchev–Trinajstić information content (AvgIpc) is 2.65. The summed E-state index contributed by atoms with van der Waals surface area (Å²) in [4.78, 5) is 13.3. The molecule has 0 radical (unpaired) electrons. The van der Waals surface area contributed by atoms with Crippen LogP contribution in [0.25, 0.3) is 0 Å². The van der Waals surface area contributed by atoms with Crippen molar-refractivity contribution >= 4 is 5.97 Å². The quantitative estimate of drug-likeness (QED) is 0.818. The summed E-state index contributed by atoms with van der Waals surface area (Å²) in [6.45, 7) is 1.06. The minimum atomic E-state index is -1.17. The van der Waals surface area contributed by atoms with Crippen molar-refractivity contribution in [3.8, 4) is 11.5 Å². The molecule has 0 saturated carbocycles. The molecule has 17 heavy (non-hydrogen) atoms. The molecule has 0 amide bonds. The molecule has 2 N–H and O–H groups in total. The lowest BCUT2D eigenvalue weighted by atomic mass is 10.0. The van der Waals surface area contributed by atoms with Crippen LogP contribution in [0.1, 0.15) is 6.42 Å². The number of carbonyl (C=O) groups is 1. The fourth-order valence-corrected chi connectivity index (χ4v) is 2.01. The fraction of sp³-hybridized carbons (Fsp3) is 0.417. The Labute approximate surface area is 99.2 Å². The van der Waals surface area contributed by atoms with Gasteiger partial charge in [-0.3, -0.25) is 0 Å². The van der Waals surface area contributed by atoms with Crippen LogP contribution in [0.3, 0.4) is 0 Å². The summed E-state index contributed by atoms with van der Waals surface area (Å²) in [6, 6.07) is 6.09. The lowest BCUT2D eigenvalue weighted by molar-refractivity contribution is -0.154. The molecule has 1 aromatic carbocycles. The first kappa shape index (κ1) is 11.7. The number of hydrogen-bond acceptors (Lipinski definition) is 4. The molecule has 92 valence electrons. The second-order valence-electron chi connectivity index (χ2n) is 4.38. The van der Waals surface area contributed by atoms with Crippen molar-refractivity contribution in [3.05, 3.63) is 24.3 Å². The maximum Gasteiger partial charge on any atom is 0.349 e. The van der Waals surface area contributed by atoms with E-state index in [9.17, 15) is 9.90 Å². The monoisotopic (exact) mass is 237 g/mol. The summed E-state index contributed by atoms with van der Waals surface area (Å²) in [7, 11) is 1.87. The van der Waals surface area contributed by atoms with Gasteiger partial charge in [-0.05, 0) is 31.3 Å². The Kier molecular flexibility index (Phi) is 2.93. The molecule has 1 saturated heterocycles. The topological polar surface area (TPSA) is 70.0 Å². The number of phenolic OH excluding ortho intramolecular Hbond substituents is 1. The second kappa shape index (κ2) is 4.25. The van der Waals surface area contributed by atoms with Crippen molar-refractivity contribution in [2.75, 3.05) is 20.1 Å². The number of likely N-dealkylation sites (N-methyl/N-ethyl adjacent to an activating group) is 1. The van der Waals surface area contributed by atoms with Crippen LogP contribution in [-0.2, 0) is 4.79 Å². The van der Waals surface area contributed by atoms with Crippen LogP contribution in [0.4, 0.5) is 0 Å². The Morgan fingerprint density at radius 2 is 2.06 bits per heavy atom. The largest absolute Gasteiger partial charge is 0.508 e. The number of aliphatic carboxylic acids is 1. The summed E-state index contributed by atoms with van der Waals surface area (Å²) in [5.41, 5.74) is -1.17. The lowest BCUT2D eigenvalue weighted by Crippen LogP contribution is -2.46. The molecular formula is C12H15NO4. The molecule has 5 nitrogen and oxygen atoms in total. The van der Waals surface area contributed by atoms with Crippen LogP contribution in [0.5, 0.6) is 11.5 Å². The number of aromatic hydroxyl groups is 1. The van der Waals surface area contributed by atoms with Crippen molar-refractivity contribution in [1.82, 2.24) is 4.90 Å². The summed E-state index contributed by atoms with van der Waals surface area (Å²) < 4.78 is 5.60. The standard InChI is InChI=1S/C12H15NO4/c1-13-7-6-12(8-13,11(15)16)17-10-4-2-9(14)3-5-10/h2-5,14H,6-8H2,1H3,(H,15,16). The maximum absolute atomic E-state index is 11.3. The first-order valence-electron chi connectivity index (χ1n) is 5.42. The van der Waals surface area contributed by atoms with Gasteiger partial charge in [0, 0.05) is 19.5 Å². The van der Waals surface area contributed by atoms with E-state index in [0.29, 0.717) is 25.3 Å². The highest BCUT2D eigenvalue weighted by molar-refractivity contribution is 5.79. The Bertz CT molecular complexity index is 417. The van der Waals surface area contributed by atoms with Crippen molar-refractivity contribution in [1.29, 1.82) is 0 Å². The summed E-state index contributed by atoms with van der Waals surface area (Å²) in [5.74, 6) is -0.360. The Balaban J connectivity index is 2.19. The normalized spacial score (nSPS) is 24.8. The van der Waals surface area contributed by atoms with E-state index >= 15 is 0 Å². The molecule has 1 aliphatic rings. The number of hydrogen-bond donors (Lipinski definition) is 2. The van der Waals surface area contributed by atoms with Gasteiger partial charge in [-0.2, -0.15) is 0 Å². The van der Waals surface area contributed by atoms with Gasteiger partial charge in [0.25, 0.3) is 0 Å². The van der Waals surface area contributed by atoms with Gasteiger partial charge < -0.3 is 19.8 Å². The maximum atomic E-state index is 11.3. The van der Waals surface area contributed by atoms with Crippen molar-refractivity contribution in [3.63, 3.8) is 0 Å². The molecule has 0 aliphatic carbocycles. The average molecular weight is 237 g/mol. The molecule has 1 fully saturated rings. The molecular weight excluding hydrogens is 222 g/mol. The number of carboxylic acids is 1. The lowest BCUT2D eigenvalue weighted by Gasteiger charge is -2.25. The van der Waals surface area contributed by atoms with Crippen LogP contribution in [0.15, 0.2) is 24.3 Å². The first-order valence-corrected chi connectivity index (χ1v) is 5.42. The van der Waals surface area contributed by atoms with Crippen molar-refractivity contribution in [2.24, 2.45) is 0 Å². The molecule has 0 aromatic heterocycles. The van der Waals surface area contributed by atoms with E-state index in [4.69, 9.17) is 9.84 Å². The highest BCUT2D eigenvalue weighted by Gasteiger charge is 2.46. The molecule has 0 bridgehead atoms. The zero-order valence-electron chi connectivity index (χ0n) is 9.59. The summed E-state index contributed by atoms with van der Waals surface area (Å²) in [6.07, 6.45) is 0.458. The minimum Gasteiger partial charge on any atom is -0.508 e. The number of carboxylic acid groups (broad SMARTS) is 1. The van der Waals surface area contributed by atoms with Gasteiger partial charge >= 0.3 is 5.97 Å². The Hall–Kier alpha value is -1.75. The van der Waals surface area contributed by atoms with Gasteiger partial charge in [0.05, 0.1) is 0 Å². The predicted octanol–water partition coefficient (Wildman–Crippen LogP) is 0.930. The van der Waals surface area contributed by atoms with Crippen LogP contribution in [0, 0.1) is 0 Å². The van der Waals surface area contributed by atoms with Crippen LogP contribution < -0.4 is 4.74 Å². The van der Waals surface area contributed by atoms with E-state index in [1.807, 2.05) is 11.9 Å².